The number of amides is 2. The zero-order valence-corrected chi connectivity index (χ0v) is 7.04. The summed E-state index contributed by atoms with van der Waals surface area (Å²) in [6, 6.07) is -1.07. The summed E-state index contributed by atoms with van der Waals surface area (Å²) in [5, 5.41) is 3.47. The van der Waals surface area contributed by atoms with E-state index in [4.69, 9.17) is 5.84 Å². The lowest BCUT2D eigenvalue weighted by Crippen LogP contribution is -2.42. The van der Waals surface area contributed by atoms with Gasteiger partial charge in [0, 0.05) is 0 Å². The van der Waals surface area contributed by atoms with Crippen molar-refractivity contribution in [3.63, 3.8) is 0 Å². The van der Waals surface area contributed by atoms with E-state index in [0.29, 0.717) is 0 Å². The number of carbonyl (C=O) groups is 1. The molecule has 6 nitrogen and oxygen atoms in total. The fraction of sp³-hybridized carbons (Fsp3) is 0.800. The first-order valence-corrected chi connectivity index (χ1v) is 5.36. The van der Waals surface area contributed by atoms with Crippen LogP contribution in [0.2, 0.25) is 0 Å². The number of urea groups is 1. The SMILES string of the molecule is NN1C(=O)N[C@@H]2CS(=O)(=O)C[C@H]21. The molecule has 2 aliphatic heterocycles. The van der Waals surface area contributed by atoms with Crippen LogP contribution in [0.4, 0.5) is 4.79 Å². The van der Waals surface area contributed by atoms with E-state index < -0.39 is 9.84 Å². The van der Waals surface area contributed by atoms with Crippen molar-refractivity contribution < 1.29 is 13.2 Å². The van der Waals surface area contributed by atoms with Crippen LogP contribution in [0.25, 0.3) is 0 Å². The topological polar surface area (TPSA) is 92.5 Å². The minimum Gasteiger partial charge on any atom is -0.331 e. The number of hydrazine groups is 1. The molecule has 2 aliphatic rings. The molecule has 0 saturated carbocycles. The molecular weight excluding hydrogens is 182 g/mol. The van der Waals surface area contributed by atoms with Gasteiger partial charge in [0.25, 0.3) is 0 Å². The molecule has 0 aromatic rings. The number of nitrogens with zero attached hydrogens (tertiary/aromatic N) is 1. The lowest BCUT2D eigenvalue weighted by molar-refractivity contribution is 0.208. The lowest BCUT2D eigenvalue weighted by atomic mass is 10.2. The fourth-order valence-corrected chi connectivity index (χ4v) is 3.53. The number of hydrogen-bond acceptors (Lipinski definition) is 4. The van der Waals surface area contributed by atoms with Crippen LogP contribution in [0.5, 0.6) is 0 Å². The Balaban J connectivity index is 2.27. The zero-order valence-electron chi connectivity index (χ0n) is 6.23. The third kappa shape index (κ3) is 0.969. The summed E-state index contributed by atoms with van der Waals surface area (Å²) < 4.78 is 22.1. The summed E-state index contributed by atoms with van der Waals surface area (Å²) in [5.41, 5.74) is 0. The Bertz CT molecular complexity index is 325. The van der Waals surface area contributed by atoms with E-state index in [1.807, 2.05) is 0 Å². The van der Waals surface area contributed by atoms with Gasteiger partial charge < -0.3 is 5.32 Å². The van der Waals surface area contributed by atoms with Crippen molar-refractivity contribution in [3.8, 4) is 0 Å². The van der Waals surface area contributed by atoms with Gasteiger partial charge in [-0.15, -0.1) is 0 Å². The smallest absolute Gasteiger partial charge is 0.331 e. The Labute approximate surface area is 69.6 Å². The highest BCUT2D eigenvalue weighted by atomic mass is 32.2. The van der Waals surface area contributed by atoms with Gasteiger partial charge in [0.15, 0.2) is 9.84 Å². The Morgan fingerprint density at radius 3 is 2.75 bits per heavy atom. The Morgan fingerprint density at radius 2 is 2.17 bits per heavy atom. The van der Waals surface area contributed by atoms with Gasteiger partial charge in [-0.2, -0.15) is 0 Å². The second-order valence-electron chi connectivity index (χ2n) is 3.11. The second-order valence-corrected chi connectivity index (χ2v) is 5.26. The monoisotopic (exact) mass is 191 g/mol. The van der Waals surface area contributed by atoms with Gasteiger partial charge in [-0.25, -0.2) is 19.1 Å². The van der Waals surface area contributed by atoms with Gasteiger partial charge in [0.1, 0.15) is 0 Å². The summed E-state index contributed by atoms with van der Waals surface area (Å²) in [5.74, 6) is 5.33. The van der Waals surface area contributed by atoms with Gasteiger partial charge in [0.2, 0.25) is 0 Å². The van der Waals surface area contributed by atoms with E-state index in [0.717, 1.165) is 5.01 Å². The van der Waals surface area contributed by atoms with Crippen molar-refractivity contribution >= 4 is 15.9 Å². The van der Waals surface area contributed by atoms with E-state index in [2.05, 4.69) is 5.32 Å². The van der Waals surface area contributed by atoms with E-state index >= 15 is 0 Å². The molecule has 2 fully saturated rings. The fourth-order valence-electron chi connectivity index (χ4n) is 1.62. The predicted molar refractivity (Wildman–Crippen MR) is 40.8 cm³/mol. The molecule has 0 aliphatic carbocycles. The molecule has 0 spiro atoms. The number of rotatable bonds is 0. The van der Waals surface area contributed by atoms with Crippen molar-refractivity contribution in [2.75, 3.05) is 11.5 Å². The average Bonchev–Trinajstić information content (AvgIpc) is 2.33. The number of nitrogens with two attached hydrogens (primary N) is 1. The number of hydrogen-bond donors (Lipinski definition) is 2. The average molecular weight is 191 g/mol. The molecule has 2 heterocycles. The summed E-state index contributed by atoms with van der Waals surface area (Å²) in [7, 11) is -3.00. The zero-order chi connectivity index (χ0) is 8.93. The molecule has 3 N–H and O–H groups in total. The molecule has 0 bridgehead atoms. The Kier molecular flexibility index (Phi) is 1.37. The molecule has 2 saturated heterocycles. The van der Waals surface area contributed by atoms with Crippen LogP contribution < -0.4 is 11.2 Å². The first-order chi connectivity index (χ1) is 5.49. The number of carbonyl (C=O) groups excluding carboxylic acids is 1. The first kappa shape index (κ1) is 7.81. The van der Waals surface area contributed by atoms with Crippen molar-refractivity contribution in [1.29, 1.82) is 0 Å². The maximum absolute atomic E-state index is 11.1. The van der Waals surface area contributed by atoms with E-state index in [1.54, 1.807) is 0 Å². The highest BCUT2D eigenvalue weighted by molar-refractivity contribution is 7.91. The van der Waals surface area contributed by atoms with E-state index in [9.17, 15) is 13.2 Å². The number of nitrogens with one attached hydrogen (secondary N) is 1. The molecule has 0 aromatic carbocycles. The second kappa shape index (κ2) is 2.11. The van der Waals surface area contributed by atoms with Crippen LogP contribution >= 0.6 is 0 Å². The molecule has 0 radical (unpaired) electrons. The third-order valence-electron chi connectivity index (χ3n) is 2.22. The molecule has 7 heteroatoms. The van der Waals surface area contributed by atoms with Gasteiger partial charge >= 0.3 is 6.03 Å². The summed E-state index contributed by atoms with van der Waals surface area (Å²) in [4.78, 5) is 10.9. The summed E-state index contributed by atoms with van der Waals surface area (Å²) >= 11 is 0. The normalized spacial score (nSPS) is 38.1. The van der Waals surface area contributed by atoms with Crippen LogP contribution in [0.1, 0.15) is 0 Å². The molecule has 2 atom stereocenters. The van der Waals surface area contributed by atoms with Gasteiger partial charge in [-0.3, -0.25) is 5.01 Å². The van der Waals surface area contributed by atoms with Crippen molar-refractivity contribution in [1.82, 2.24) is 10.3 Å². The molecule has 2 rings (SSSR count). The lowest BCUT2D eigenvalue weighted by Gasteiger charge is -2.13. The van der Waals surface area contributed by atoms with Gasteiger partial charge in [0.05, 0.1) is 23.6 Å². The predicted octanol–water partition coefficient (Wildman–Crippen LogP) is -1.95. The largest absolute Gasteiger partial charge is 0.332 e. The molecule has 12 heavy (non-hydrogen) atoms. The van der Waals surface area contributed by atoms with Crippen LogP contribution in [0.3, 0.4) is 0 Å². The standard InChI is InChI=1S/C5H9N3O3S/c6-8-4-2-12(10,11)1-3(4)7-5(8)9/h3-4H,1-2,6H2,(H,7,9)/t3-,4-/m1/s1. The van der Waals surface area contributed by atoms with E-state index in [1.165, 1.54) is 0 Å². The quantitative estimate of drug-likeness (QED) is 0.264. The molecule has 0 aromatic heterocycles. The van der Waals surface area contributed by atoms with Gasteiger partial charge in [-0.05, 0) is 0 Å². The third-order valence-corrected chi connectivity index (χ3v) is 3.94. The van der Waals surface area contributed by atoms with Crippen LogP contribution in [0.15, 0.2) is 0 Å². The van der Waals surface area contributed by atoms with Crippen molar-refractivity contribution in [2.45, 2.75) is 12.1 Å². The van der Waals surface area contributed by atoms with Crippen LogP contribution in [-0.2, 0) is 9.84 Å². The maximum Gasteiger partial charge on any atom is 0.332 e. The molecule has 0 unspecified atom stereocenters. The van der Waals surface area contributed by atoms with Crippen LogP contribution in [-0.4, -0.2) is 43.0 Å². The van der Waals surface area contributed by atoms with Crippen molar-refractivity contribution in [2.24, 2.45) is 5.84 Å². The molecule has 2 amide bonds. The minimum atomic E-state index is -3.00. The van der Waals surface area contributed by atoms with Gasteiger partial charge in [-0.1, -0.05) is 0 Å². The van der Waals surface area contributed by atoms with Crippen LogP contribution in [0, 0.1) is 0 Å². The summed E-state index contributed by atoms with van der Waals surface area (Å²) in [6.45, 7) is 0. The minimum absolute atomic E-state index is 0.0110. The highest BCUT2D eigenvalue weighted by Crippen LogP contribution is 2.20. The molecule has 68 valence electrons. The Morgan fingerprint density at radius 1 is 1.50 bits per heavy atom. The number of sulfone groups is 1. The first-order valence-electron chi connectivity index (χ1n) is 3.54. The molecular formula is C5H9N3O3S. The van der Waals surface area contributed by atoms with E-state index in [-0.39, 0.29) is 29.6 Å². The Hall–Kier alpha value is -0.820. The summed E-state index contributed by atoms with van der Waals surface area (Å²) in [6.07, 6.45) is 0. The maximum atomic E-state index is 11.1. The number of fused-ring (bicyclic) bond motifs is 1. The van der Waals surface area contributed by atoms with Crippen molar-refractivity contribution in [3.05, 3.63) is 0 Å². The highest BCUT2D eigenvalue weighted by Gasteiger charge is 2.47.